The summed E-state index contributed by atoms with van der Waals surface area (Å²) in [4.78, 5) is 29.6. The monoisotopic (exact) mass is 383 g/mol. The molecule has 2 amide bonds. The fraction of sp³-hybridized carbons (Fsp3) is 0.364. The molecule has 1 aliphatic heterocycles. The fourth-order valence-corrected chi connectivity index (χ4v) is 3.28. The second-order valence-electron chi connectivity index (χ2n) is 7.61. The van der Waals surface area contributed by atoms with Crippen LogP contribution in [0.4, 0.5) is 10.1 Å². The maximum absolute atomic E-state index is 13.8. The smallest absolute Gasteiger partial charge is 0.239 e. The summed E-state index contributed by atoms with van der Waals surface area (Å²) < 4.78 is 13.8. The van der Waals surface area contributed by atoms with Gasteiger partial charge in [-0.25, -0.2) is 4.39 Å². The van der Waals surface area contributed by atoms with Crippen molar-refractivity contribution in [3.63, 3.8) is 0 Å². The second kappa shape index (κ2) is 8.52. The number of anilines is 1. The summed E-state index contributed by atoms with van der Waals surface area (Å²) >= 11 is 0. The molecule has 2 aromatic carbocycles. The topological polar surface area (TPSA) is 52.7 Å². The number of rotatable bonds is 5. The number of piperazine rings is 1. The van der Waals surface area contributed by atoms with E-state index in [-0.39, 0.29) is 11.6 Å². The minimum atomic E-state index is -1.27. The third-order valence-electron chi connectivity index (χ3n) is 5.13. The van der Waals surface area contributed by atoms with Gasteiger partial charge in [0, 0.05) is 32.7 Å². The van der Waals surface area contributed by atoms with Crippen molar-refractivity contribution < 1.29 is 14.0 Å². The third kappa shape index (κ3) is 4.57. The van der Waals surface area contributed by atoms with Crippen LogP contribution in [0.3, 0.4) is 0 Å². The highest BCUT2D eigenvalue weighted by molar-refractivity contribution is 6.09. The van der Waals surface area contributed by atoms with E-state index in [1.54, 1.807) is 30.9 Å². The highest BCUT2D eigenvalue weighted by atomic mass is 19.1. The quantitative estimate of drug-likeness (QED) is 0.807. The molecule has 148 valence electrons. The minimum Gasteiger partial charge on any atom is -0.339 e. The van der Waals surface area contributed by atoms with Crippen LogP contribution < -0.4 is 5.32 Å². The molecule has 0 bridgehead atoms. The first kappa shape index (κ1) is 20.0. The number of halogens is 1. The predicted molar refractivity (Wildman–Crippen MR) is 107 cm³/mol. The van der Waals surface area contributed by atoms with Crippen molar-refractivity contribution in [2.75, 3.05) is 31.5 Å². The predicted octanol–water partition coefficient (Wildman–Crippen LogP) is 3.13. The number of benzene rings is 2. The van der Waals surface area contributed by atoms with Crippen LogP contribution in [-0.2, 0) is 16.1 Å². The molecule has 1 fully saturated rings. The zero-order chi connectivity index (χ0) is 20.1. The Labute approximate surface area is 165 Å². The highest BCUT2D eigenvalue weighted by Gasteiger charge is 2.40. The molecule has 0 spiro atoms. The third-order valence-corrected chi connectivity index (χ3v) is 5.13. The van der Waals surface area contributed by atoms with Crippen molar-refractivity contribution in [1.29, 1.82) is 0 Å². The van der Waals surface area contributed by atoms with E-state index in [0.717, 1.165) is 19.6 Å². The molecule has 2 aromatic rings. The average molecular weight is 383 g/mol. The molecule has 1 saturated heterocycles. The lowest BCUT2D eigenvalue weighted by molar-refractivity contribution is -0.147. The number of carbonyl (C=O) groups excluding carboxylic acids is 2. The van der Waals surface area contributed by atoms with Gasteiger partial charge in [0.25, 0.3) is 0 Å². The van der Waals surface area contributed by atoms with Crippen molar-refractivity contribution in [3.8, 4) is 0 Å². The Kier molecular flexibility index (Phi) is 6.09. The second-order valence-corrected chi connectivity index (χ2v) is 7.61. The van der Waals surface area contributed by atoms with Crippen molar-refractivity contribution in [2.24, 2.45) is 5.41 Å². The van der Waals surface area contributed by atoms with E-state index in [1.807, 2.05) is 18.2 Å². The lowest BCUT2D eigenvalue weighted by Gasteiger charge is -2.38. The summed E-state index contributed by atoms with van der Waals surface area (Å²) in [6.07, 6.45) is 0. The van der Waals surface area contributed by atoms with Crippen LogP contribution in [0.2, 0.25) is 0 Å². The Morgan fingerprint density at radius 3 is 2.21 bits per heavy atom. The summed E-state index contributed by atoms with van der Waals surface area (Å²) in [5.74, 6) is -1.26. The molecule has 0 atom stereocenters. The number of amides is 2. The molecular formula is C22H26FN3O2. The van der Waals surface area contributed by atoms with Gasteiger partial charge in [-0.3, -0.25) is 14.5 Å². The molecule has 0 unspecified atom stereocenters. The first-order chi connectivity index (χ1) is 13.4. The molecule has 1 heterocycles. The maximum Gasteiger partial charge on any atom is 0.239 e. The lowest BCUT2D eigenvalue weighted by atomic mass is 9.89. The van der Waals surface area contributed by atoms with Crippen LogP contribution in [-0.4, -0.2) is 47.8 Å². The van der Waals surface area contributed by atoms with Crippen LogP contribution in [0.25, 0.3) is 0 Å². The Morgan fingerprint density at radius 2 is 1.57 bits per heavy atom. The van der Waals surface area contributed by atoms with Gasteiger partial charge in [-0.2, -0.15) is 0 Å². The Morgan fingerprint density at radius 1 is 0.964 bits per heavy atom. The van der Waals surface area contributed by atoms with Crippen LogP contribution in [0, 0.1) is 11.2 Å². The van der Waals surface area contributed by atoms with E-state index >= 15 is 0 Å². The number of hydrogen-bond acceptors (Lipinski definition) is 3. The number of carbonyl (C=O) groups is 2. The zero-order valence-corrected chi connectivity index (χ0v) is 16.3. The zero-order valence-electron chi connectivity index (χ0n) is 16.3. The van der Waals surface area contributed by atoms with E-state index in [9.17, 15) is 14.0 Å². The van der Waals surface area contributed by atoms with E-state index < -0.39 is 17.1 Å². The molecular weight excluding hydrogens is 357 g/mol. The molecule has 1 aliphatic rings. The van der Waals surface area contributed by atoms with Gasteiger partial charge in [0.05, 0.1) is 5.69 Å². The Hall–Kier alpha value is -2.73. The fourth-order valence-electron chi connectivity index (χ4n) is 3.28. The number of nitrogens with one attached hydrogen (secondary N) is 1. The summed E-state index contributed by atoms with van der Waals surface area (Å²) in [6.45, 7) is 6.67. The number of para-hydroxylation sites is 1. The van der Waals surface area contributed by atoms with Gasteiger partial charge in [0.2, 0.25) is 11.8 Å². The van der Waals surface area contributed by atoms with Gasteiger partial charge in [0.15, 0.2) is 0 Å². The SMILES string of the molecule is CC(C)(C(=O)Nc1ccccc1F)C(=O)N1CCN(Cc2ccccc2)CC1. The van der Waals surface area contributed by atoms with Crippen LogP contribution in [0.5, 0.6) is 0 Å². The molecule has 0 radical (unpaired) electrons. The Bertz CT molecular complexity index is 831. The molecule has 5 nitrogen and oxygen atoms in total. The normalized spacial score (nSPS) is 15.3. The summed E-state index contributed by atoms with van der Waals surface area (Å²) in [5, 5.41) is 2.54. The van der Waals surface area contributed by atoms with Gasteiger partial charge in [0.1, 0.15) is 11.2 Å². The van der Waals surface area contributed by atoms with Crippen molar-refractivity contribution in [2.45, 2.75) is 20.4 Å². The standard InChI is InChI=1S/C22H26FN3O2/c1-22(2,20(27)24-19-11-7-6-10-18(19)23)21(28)26-14-12-25(13-15-26)16-17-8-4-3-5-9-17/h3-11H,12-16H2,1-2H3,(H,24,27). The van der Waals surface area contributed by atoms with Crippen LogP contribution in [0.1, 0.15) is 19.4 Å². The van der Waals surface area contributed by atoms with Gasteiger partial charge in [-0.15, -0.1) is 0 Å². The molecule has 0 saturated carbocycles. The number of nitrogens with zero attached hydrogens (tertiary/aromatic N) is 2. The Balaban J connectivity index is 1.57. The van der Waals surface area contributed by atoms with E-state index in [2.05, 4.69) is 22.3 Å². The van der Waals surface area contributed by atoms with Crippen molar-refractivity contribution in [3.05, 3.63) is 66.0 Å². The van der Waals surface area contributed by atoms with Crippen LogP contribution in [0.15, 0.2) is 54.6 Å². The highest BCUT2D eigenvalue weighted by Crippen LogP contribution is 2.24. The molecule has 3 rings (SSSR count). The molecule has 1 N–H and O–H groups in total. The number of hydrogen-bond donors (Lipinski definition) is 1. The molecule has 0 aliphatic carbocycles. The maximum atomic E-state index is 13.8. The van der Waals surface area contributed by atoms with E-state index in [0.29, 0.717) is 13.1 Å². The summed E-state index contributed by atoms with van der Waals surface area (Å²) in [7, 11) is 0. The minimum absolute atomic E-state index is 0.0843. The van der Waals surface area contributed by atoms with Crippen LogP contribution >= 0.6 is 0 Å². The van der Waals surface area contributed by atoms with E-state index in [1.165, 1.54) is 17.7 Å². The summed E-state index contributed by atoms with van der Waals surface area (Å²) in [5.41, 5.74) is 0.0529. The van der Waals surface area contributed by atoms with Gasteiger partial charge < -0.3 is 10.2 Å². The average Bonchev–Trinajstić information content (AvgIpc) is 2.70. The van der Waals surface area contributed by atoms with Gasteiger partial charge in [-0.1, -0.05) is 42.5 Å². The van der Waals surface area contributed by atoms with Crippen molar-refractivity contribution >= 4 is 17.5 Å². The summed E-state index contributed by atoms with van der Waals surface area (Å²) in [6, 6.07) is 16.2. The van der Waals surface area contributed by atoms with Crippen molar-refractivity contribution in [1.82, 2.24) is 9.80 Å². The first-order valence-electron chi connectivity index (χ1n) is 9.49. The van der Waals surface area contributed by atoms with E-state index in [4.69, 9.17) is 0 Å². The molecule has 0 aromatic heterocycles. The lowest BCUT2D eigenvalue weighted by Crippen LogP contribution is -2.54. The first-order valence-corrected chi connectivity index (χ1v) is 9.49. The molecule has 6 heteroatoms. The van der Waals surface area contributed by atoms with Gasteiger partial charge >= 0.3 is 0 Å². The van der Waals surface area contributed by atoms with Gasteiger partial charge in [-0.05, 0) is 31.5 Å². The largest absolute Gasteiger partial charge is 0.339 e. The molecule has 28 heavy (non-hydrogen) atoms.